The standard InChI is InChI=1S/C19H19N7O/c1-3-18-22-16-11-14(7-10-17(16)25(18)4-2)21-19(27)13-5-8-15(9-6-13)26-12-20-23-24-26/h5-12H,3-4H2,1-2H3,(H,21,27). The number of hydrogen-bond acceptors (Lipinski definition) is 5. The summed E-state index contributed by atoms with van der Waals surface area (Å²) in [5.41, 5.74) is 4.04. The number of carbonyl (C=O) groups excluding carboxylic acids is 1. The summed E-state index contributed by atoms with van der Waals surface area (Å²) >= 11 is 0. The number of benzene rings is 2. The van der Waals surface area contributed by atoms with Gasteiger partial charge in [-0.25, -0.2) is 9.67 Å². The van der Waals surface area contributed by atoms with E-state index in [1.807, 2.05) is 18.2 Å². The Morgan fingerprint density at radius 3 is 2.59 bits per heavy atom. The number of fused-ring (bicyclic) bond motifs is 1. The molecule has 136 valence electrons. The van der Waals surface area contributed by atoms with E-state index < -0.39 is 0 Å². The maximum Gasteiger partial charge on any atom is 0.255 e. The summed E-state index contributed by atoms with van der Waals surface area (Å²) in [5, 5.41) is 14.0. The van der Waals surface area contributed by atoms with E-state index in [0.717, 1.165) is 41.2 Å². The molecule has 0 atom stereocenters. The second kappa shape index (κ2) is 6.99. The van der Waals surface area contributed by atoms with Crippen molar-refractivity contribution in [2.45, 2.75) is 26.8 Å². The molecule has 8 nitrogen and oxygen atoms in total. The van der Waals surface area contributed by atoms with E-state index in [0.29, 0.717) is 5.56 Å². The molecule has 0 aliphatic rings. The number of tetrazole rings is 1. The molecular weight excluding hydrogens is 342 g/mol. The molecule has 0 unspecified atom stereocenters. The number of aromatic nitrogens is 6. The summed E-state index contributed by atoms with van der Waals surface area (Å²) in [5.74, 6) is 0.873. The molecule has 1 N–H and O–H groups in total. The van der Waals surface area contributed by atoms with Crippen LogP contribution >= 0.6 is 0 Å². The number of nitrogens with zero attached hydrogens (tertiary/aromatic N) is 6. The minimum Gasteiger partial charge on any atom is -0.328 e. The van der Waals surface area contributed by atoms with Crippen LogP contribution in [0, 0.1) is 0 Å². The molecular formula is C19H19N7O. The Bertz CT molecular complexity index is 1080. The van der Waals surface area contributed by atoms with E-state index in [1.165, 1.54) is 11.0 Å². The maximum atomic E-state index is 12.5. The van der Waals surface area contributed by atoms with Gasteiger partial charge in [-0.3, -0.25) is 4.79 Å². The van der Waals surface area contributed by atoms with E-state index in [1.54, 1.807) is 24.3 Å². The van der Waals surface area contributed by atoms with Gasteiger partial charge in [0.05, 0.1) is 16.7 Å². The molecule has 2 aromatic heterocycles. The molecule has 1 amide bonds. The third-order valence-electron chi connectivity index (χ3n) is 4.46. The molecule has 0 aliphatic heterocycles. The highest BCUT2D eigenvalue weighted by Crippen LogP contribution is 2.21. The number of hydrogen-bond donors (Lipinski definition) is 1. The Morgan fingerprint density at radius 2 is 1.93 bits per heavy atom. The van der Waals surface area contributed by atoms with Crippen molar-refractivity contribution in [1.29, 1.82) is 0 Å². The molecule has 2 heterocycles. The molecule has 0 aliphatic carbocycles. The quantitative estimate of drug-likeness (QED) is 0.590. The van der Waals surface area contributed by atoms with Gasteiger partial charge < -0.3 is 9.88 Å². The van der Waals surface area contributed by atoms with Crippen molar-refractivity contribution in [2.24, 2.45) is 0 Å². The predicted octanol–water partition coefficient (Wildman–Crippen LogP) is 2.85. The van der Waals surface area contributed by atoms with Crippen molar-refractivity contribution in [1.82, 2.24) is 29.8 Å². The normalized spacial score (nSPS) is 11.0. The molecule has 0 spiro atoms. The number of carbonyl (C=O) groups is 1. The van der Waals surface area contributed by atoms with Crippen LogP contribution in [0.3, 0.4) is 0 Å². The van der Waals surface area contributed by atoms with E-state index in [2.05, 4.69) is 44.2 Å². The lowest BCUT2D eigenvalue weighted by molar-refractivity contribution is 0.102. The summed E-state index contributed by atoms with van der Waals surface area (Å²) in [6.07, 6.45) is 2.38. The molecule has 0 bridgehead atoms. The Balaban J connectivity index is 1.55. The van der Waals surface area contributed by atoms with Crippen LogP contribution in [-0.4, -0.2) is 35.7 Å². The average Bonchev–Trinajstić information content (AvgIpc) is 3.35. The molecule has 8 heteroatoms. The minimum absolute atomic E-state index is 0.178. The smallest absolute Gasteiger partial charge is 0.255 e. The molecule has 0 saturated carbocycles. The fourth-order valence-corrected chi connectivity index (χ4v) is 3.13. The van der Waals surface area contributed by atoms with Crippen molar-refractivity contribution in [3.05, 3.63) is 60.2 Å². The average molecular weight is 361 g/mol. The van der Waals surface area contributed by atoms with Crippen molar-refractivity contribution >= 4 is 22.6 Å². The first-order chi connectivity index (χ1) is 13.2. The topological polar surface area (TPSA) is 90.5 Å². The lowest BCUT2D eigenvalue weighted by Crippen LogP contribution is -2.12. The van der Waals surface area contributed by atoms with Crippen LogP contribution in [0.15, 0.2) is 48.8 Å². The fourth-order valence-electron chi connectivity index (χ4n) is 3.13. The van der Waals surface area contributed by atoms with Gasteiger partial charge in [0.25, 0.3) is 5.91 Å². The van der Waals surface area contributed by atoms with Gasteiger partial charge in [-0.2, -0.15) is 0 Å². The second-order valence-electron chi connectivity index (χ2n) is 6.08. The summed E-state index contributed by atoms with van der Waals surface area (Å²) < 4.78 is 3.73. The van der Waals surface area contributed by atoms with Crippen LogP contribution in [-0.2, 0) is 13.0 Å². The summed E-state index contributed by atoms with van der Waals surface area (Å²) in [6, 6.07) is 12.9. The minimum atomic E-state index is -0.178. The zero-order valence-corrected chi connectivity index (χ0v) is 15.1. The highest BCUT2D eigenvalue weighted by Gasteiger charge is 2.11. The van der Waals surface area contributed by atoms with E-state index in [4.69, 9.17) is 0 Å². The van der Waals surface area contributed by atoms with Crippen LogP contribution < -0.4 is 5.32 Å². The van der Waals surface area contributed by atoms with Crippen molar-refractivity contribution in [2.75, 3.05) is 5.32 Å². The van der Waals surface area contributed by atoms with Gasteiger partial charge in [0, 0.05) is 24.2 Å². The van der Waals surface area contributed by atoms with Crippen molar-refractivity contribution < 1.29 is 4.79 Å². The van der Waals surface area contributed by atoms with E-state index in [-0.39, 0.29) is 5.91 Å². The van der Waals surface area contributed by atoms with Crippen molar-refractivity contribution in [3.8, 4) is 5.69 Å². The maximum absolute atomic E-state index is 12.5. The summed E-state index contributed by atoms with van der Waals surface area (Å²) in [7, 11) is 0. The predicted molar refractivity (Wildman–Crippen MR) is 102 cm³/mol. The molecule has 0 radical (unpaired) electrons. The number of nitrogens with one attached hydrogen (secondary N) is 1. The number of rotatable bonds is 5. The first-order valence-corrected chi connectivity index (χ1v) is 8.83. The molecule has 2 aromatic carbocycles. The van der Waals surface area contributed by atoms with Crippen molar-refractivity contribution in [3.63, 3.8) is 0 Å². The van der Waals surface area contributed by atoms with Crippen LogP contribution in [0.4, 0.5) is 5.69 Å². The third-order valence-corrected chi connectivity index (χ3v) is 4.46. The molecule has 0 fully saturated rings. The Labute approximate surface area is 155 Å². The van der Waals surface area contributed by atoms with Crippen LogP contribution in [0.1, 0.15) is 30.0 Å². The first kappa shape index (κ1) is 16.9. The van der Waals surface area contributed by atoms with Crippen LogP contribution in [0.2, 0.25) is 0 Å². The lowest BCUT2D eigenvalue weighted by Gasteiger charge is -2.07. The van der Waals surface area contributed by atoms with Gasteiger partial charge in [-0.1, -0.05) is 6.92 Å². The molecule has 0 saturated heterocycles. The highest BCUT2D eigenvalue weighted by atomic mass is 16.1. The Hall–Kier alpha value is -3.55. The first-order valence-electron chi connectivity index (χ1n) is 8.83. The second-order valence-corrected chi connectivity index (χ2v) is 6.08. The third kappa shape index (κ3) is 3.17. The van der Waals surface area contributed by atoms with Gasteiger partial charge in [0.15, 0.2) is 0 Å². The molecule has 4 rings (SSSR count). The Kier molecular flexibility index (Phi) is 4.37. The summed E-state index contributed by atoms with van der Waals surface area (Å²) in [6.45, 7) is 5.07. The Morgan fingerprint density at radius 1 is 1.11 bits per heavy atom. The number of aryl methyl sites for hydroxylation is 2. The SMILES string of the molecule is CCc1nc2cc(NC(=O)c3ccc(-n4cnnn4)cc3)ccc2n1CC. The largest absolute Gasteiger partial charge is 0.328 e. The zero-order chi connectivity index (χ0) is 18.8. The van der Waals surface area contributed by atoms with Gasteiger partial charge in [-0.15, -0.1) is 5.10 Å². The number of imidazole rings is 1. The zero-order valence-electron chi connectivity index (χ0n) is 15.1. The monoisotopic (exact) mass is 361 g/mol. The van der Waals surface area contributed by atoms with Gasteiger partial charge in [-0.05, 0) is 59.8 Å². The van der Waals surface area contributed by atoms with Gasteiger partial charge in [0.2, 0.25) is 0 Å². The number of amides is 1. The van der Waals surface area contributed by atoms with Gasteiger partial charge in [0.1, 0.15) is 12.2 Å². The van der Waals surface area contributed by atoms with Gasteiger partial charge >= 0.3 is 0 Å². The number of anilines is 1. The molecule has 27 heavy (non-hydrogen) atoms. The fraction of sp³-hybridized carbons (Fsp3) is 0.211. The van der Waals surface area contributed by atoms with Crippen LogP contribution in [0.5, 0.6) is 0 Å². The molecule has 4 aromatic rings. The lowest BCUT2D eigenvalue weighted by atomic mass is 10.2. The van der Waals surface area contributed by atoms with E-state index >= 15 is 0 Å². The van der Waals surface area contributed by atoms with E-state index in [9.17, 15) is 4.79 Å². The highest BCUT2D eigenvalue weighted by molar-refractivity contribution is 6.05. The summed E-state index contributed by atoms with van der Waals surface area (Å²) in [4.78, 5) is 17.2. The van der Waals surface area contributed by atoms with Crippen LogP contribution in [0.25, 0.3) is 16.7 Å².